The SMILES string of the molecule is C=CCCCCc1cc(C2CC2)cc(C)c1-c1cc(C)c(F)c([C@H](CC(=O)OCC)NC(=O)[C@H](CC=C)n2cc(CCN(C)C)c(C(F)(F)F)cc2=O)c1. The Balaban J connectivity index is 1.81. The molecule has 3 aromatic rings. The van der Waals surface area contributed by atoms with E-state index in [0.29, 0.717) is 17.5 Å². The van der Waals surface area contributed by atoms with E-state index in [4.69, 9.17) is 4.74 Å². The van der Waals surface area contributed by atoms with E-state index in [0.717, 1.165) is 71.5 Å². The number of amides is 1. The van der Waals surface area contributed by atoms with Crippen LogP contribution in [0.4, 0.5) is 17.6 Å². The smallest absolute Gasteiger partial charge is 0.416 e. The lowest BCUT2D eigenvalue weighted by atomic mass is 9.86. The number of aryl methyl sites for hydroxylation is 3. The molecule has 7 nitrogen and oxygen atoms in total. The molecular formula is C43H53F4N3O4. The highest BCUT2D eigenvalue weighted by atomic mass is 19.4. The van der Waals surface area contributed by atoms with E-state index in [1.807, 2.05) is 13.0 Å². The van der Waals surface area contributed by atoms with Gasteiger partial charge in [-0.15, -0.1) is 13.2 Å². The minimum Gasteiger partial charge on any atom is -0.466 e. The van der Waals surface area contributed by atoms with Gasteiger partial charge in [-0.05, 0) is 143 Å². The van der Waals surface area contributed by atoms with E-state index in [2.05, 4.69) is 30.6 Å². The van der Waals surface area contributed by atoms with Gasteiger partial charge in [-0.3, -0.25) is 14.4 Å². The third-order valence-corrected chi connectivity index (χ3v) is 9.86. The Bertz CT molecular complexity index is 1890. The van der Waals surface area contributed by atoms with E-state index in [1.54, 1.807) is 45.0 Å². The van der Waals surface area contributed by atoms with Crippen LogP contribution in [0.15, 0.2) is 66.6 Å². The highest BCUT2D eigenvalue weighted by Gasteiger charge is 2.36. The van der Waals surface area contributed by atoms with Crippen LogP contribution in [0, 0.1) is 19.7 Å². The van der Waals surface area contributed by atoms with Crippen molar-refractivity contribution in [3.63, 3.8) is 0 Å². The van der Waals surface area contributed by atoms with Crippen molar-refractivity contribution in [3.8, 4) is 11.1 Å². The number of allylic oxidation sites excluding steroid dienone is 2. The number of carbonyl (C=O) groups is 2. The van der Waals surface area contributed by atoms with Crippen LogP contribution < -0.4 is 10.9 Å². The number of likely N-dealkylation sites (N-methyl/N-ethyl adjacent to an activating group) is 1. The van der Waals surface area contributed by atoms with E-state index in [-0.39, 0.29) is 37.1 Å². The second-order valence-electron chi connectivity index (χ2n) is 14.5. The third-order valence-electron chi connectivity index (χ3n) is 9.86. The van der Waals surface area contributed by atoms with Crippen molar-refractivity contribution in [2.75, 3.05) is 27.2 Å². The van der Waals surface area contributed by atoms with Crippen LogP contribution in [0.5, 0.6) is 0 Å². The lowest BCUT2D eigenvalue weighted by molar-refractivity contribution is -0.144. The molecule has 1 heterocycles. The summed E-state index contributed by atoms with van der Waals surface area (Å²) in [4.78, 5) is 42.1. The van der Waals surface area contributed by atoms with Gasteiger partial charge in [0.05, 0.1) is 24.6 Å². The van der Waals surface area contributed by atoms with Gasteiger partial charge in [-0.25, -0.2) is 4.39 Å². The van der Waals surface area contributed by atoms with Crippen molar-refractivity contribution >= 4 is 11.9 Å². The largest absolute Gasteiger partial charge is 0.466 e. The minimum atomic E-state index is -4.79. The molecule has 0 spiro atoms. The summed E-state index contributed by atoms with van der Waals surface area (Å²) >= 11 is 0. The van der Waals surface area contributed by atoms with Crippen LogP contribution in [-0.2, 0) is 33.3 Å². The van der Waals surface area contributed by atoms with Gasteiger partial charge < -0.3 is 19.5 Å². The number of hydrogen-bond donors (Lipinski definition) is 1. The summed E-state index contributed by atoms with van der Waals surface area (Å²) in [5, 5.41) is 2.78. The summed E-state index contributed by atoms with van der Waals surface area (Å²) in [5.41, 5.74) is 3.28. The monoisotopic (exact) mass is 751 g/mol. The first-order valence-corrected chi connectivity index (χ1v) is 18.7. The second-order valence-corrected chi connectivity index (χ2v) is 14.5. The Labute approximate surface area is 316 Å². The molecule has 1 aliphatic rings. The molecule has 0 saturated heterocycles. The molecule has 54 heavy (non-hydrogen) atoms. The van der Waals surface area contributed by atoms with E-state index >= 15 is 4.39 Å². The Morgan fingerprint density at radius 1 is 1.02 bits per heavy atom. The average Bonchev–Trinajstić information content (AvgIpc) is 3.95. The highest BCUT2D eigenvalue weighted by molar-refractivity contribution is 5.82. The summed E-state index contributed by atoms with van der Waals surface area (Å²) < 4.78 is 64.5. The highest BCUT2D eigenvalue weighted by Crippen LogP contribution is 2.43. The standard InChI is InChI=1S/C43H53F4N3O4/c1-8-11-12-13-15-30-22-32(29-16-17-29)20-27(4)40(30)33-21-28(5)41(44)34(23-33)36(25-39(52)54-10-3)48-42(53)37(14-9-2)50-26-31(18-19-49(6)7)35(24-38(50)51)43(45,46)47/h8-9,20-24,26,29,36-37H,1-2,10-19,25H2,3-7H3,(H,48,53)/t36-,37-/m0/s1. The molecule has 2 aromatic carbocycles. The summed E-state index contributed by atoms with van der Waals surface area (Å²) in [6.07, 6.45) is 4.88. The van der Waals surface area contributed by atoms with Crippen molar-refractivity contribution in [2.24, 2.45) is 0 Å². The van der Waals surface area contributed by atoms with E-state index < -0.39 is 53.5 Å². The quantitative estimate of drug-likeness (QED) is 0.0573. The number of pyridine rings is 1. The Hall–Kier alpha value is -4.51. The number of nitrogens with one attached hydrogen (secondary N) is 1. The number of hydrogen-bond acceptors (Lipinski definition) is 5. The van der Waals surface area contributed by atoms with Gasteiger partial charge in [-0.1, -0.05) is 24.3 Å². The van der Waals surface area contributed by atoms with Crippen LogP contribution in [0.1, 0.15) is 109 Å². The summed E-state index contributed by atoms with van der Waals surface area (Å²) in [7, 11) is 3.43. The molecule has 1 aliphatic carbocycles. The number of halogens is 4. The first kappa shape index (κ1) is 42.2. The molecule has 0 radical (unpaired) electrons. The Morgan fingerprint density at radius 3 is 2.35 bits per heavy atom. The molecule has 1 aromatic heterocycles. The average molecular weight is 752 g/mol. The third kappa shape index (κ3) is 10.8. The van der Waals surface area contributed by atoms with Crippen LogP contribution in [-0.4, -0.2) is 48.6 Å². The zero-order valence-electron chi connectivity index (χ0n) is 32.1. The number of esters is 1. The number of carbonyl (C=O) groups excluding carboxylic acids is 2. The zero-order chi connectivity index (χ0) is 39.7. The minimum absolute atomic E-state index is 0.0371. The number of rotatable bonds is 19. The fourth-order valence-electron chi connectivity index (χ4n) is 6.99. The lowest BCUT2D eigenvalue weighted by Crippen LogP contribution is -2.40. The molecule has 11 heteroatoms. The van der Waals surface area contributed by atoms with Crippen LogP contribution >= 0.6 is 0 Å². The number of aromatic nitrogens is 1. The topological polar surface area (TPSA) is 80.6 Å². The van der Waals surface area contributed by atoms with Gasteiger partial charge in [-0.2, -0.15) is 13.2 Å². The summed E-state index contributed by atoms with van der Waals surface area (Å²) in [6.45, 7) is 13.2. The molecule has 2 atom stereocenters. The normalized spacial score (nSPS) is 14.1. The molecule has 292 valence electrons. The maximum absolute atomic E-state index is 16.3. The lowest BCUT2D eigenvalue weighted by Gasteiger charge is -2.26. The van der Waals surface area contributed by atoms with Crippen LogP contribution in [0.25, 0.3) is 11.1 Å². The van der Waals surface area contributed by atoms with Gasteiger partial charge in [0.1, 0.15) is 11.9 Å². The molecular weight excluding hydrogens is 698 g/mol. The van der Waals surface area contributed by atoms with Crippen LogP contribution in [0.2, 0.25) is 0 Å². The number of benzene rings is 2. The predicted octanol–water partition coefficient (Wildman–Crippen LogP) is 9.10. The Morgan fingerprint density at radius 2 is 1.74 bits per heavy atom. The van der Waals surface area contributed by atoms with E-state index in [9.17, 15) is 27.6 Å². The molecule has 0 unspecified atom stereocenters. The Kier molecular flexibility index (Phi) is 14.6. The zero-order valence-corrected chi connectivity index (χ0v) is 32.1. The molecule has 1 N–H and O–H groups in total. The van der Waals surface area contributed by atoms with Crippen LogP contribution in [0.3, 0.4) is 0 Å². The van der Waals surface area contributed by atoms with Gasteiger partial charge in [0.2, 0.25) is 5.91 Å². The fraction of sp³-hybridized carbons (Fsp3) is 0.465. The maximum atomic E-state index is 16.3. The van der Waals surface area contributed by atoms with Crippen molar-refractivity contribution in [3.05, 3.63) is 117 Å². The predicted molar refractivity (Wildman–Crippen MR) is 205 cm³/mol. The van der Waals surface area contributed by atoms with Crippen molar-refractivity contribution in [1.29, 1.82) is 0 Å². The molecule has 1 amide bonds. The summed E-state index contributed by atoms with van der Waals surface area (Å²) in [5.74, 6) is -1.56. The number of ether oxygens (including phenoxy) is 1. The van der Waals surface area contributed by atoms with Gasteiger partial charge in [0, 0.05) is 24.4 Å². The van der Waals surface area contributed by atoms with Crippen molar-refractivity contribution < 1.29 is 31.9 Å². The van der Waals surface area contributed by atoms with Gasteiger partial charge in [0.25, 0.3) is 5.56 Å². The molecule has 0 aliphatic heterocycles. The number of nitrogens with zero attached hydrogens (tertiary/aromatic N) is 2. The molecule has 4 rings (SSSR count). The summed E-state index contributed by atoms with van der Waals surface area (Å²) in [6, 6.07) is 5.79. The number of alkyl halides is 3. The van der Waals surface area contributed by atoms with Gasteiger partial charge >= 0.3 is 12.1 Å². The van der Waals surface area contributed by atoms with Crippen molar-refractivity contribution in [2.45, 2.75) is 103 Å². The fourth-order valence-corrected chi connectivity index (χ4v) is 6.99. The molecule has 0 bridgehead atoms. The second kappa shape index (κ2) is 18.7. The first-order valence-electron chi connectivity index (χ1n) is 18.7. The first-order chi connectivity index (χ1) is 25.6. The van der Waals surface area contributed by atoms with Crippen molar-refractivity contribution in [1.82, 2.24) is 14.8 Å². The molecule has 1 fully saturated rings. The molecule has 1 saturated carbocycles. The van der Waals surface area contributed by atoms with E-state index in [1.165, 1.54) is 11.6 Å². The maximum Gasteiger partial charge on any atom is 0.416 e. The number of unbranched alkanes of at least 4 members (excludes halogenated alkanes) is 2. The van der Waals surface area contributed by atoms with Gasteiger partial charge in [0.15, 0.2) is 0 Å².